The highest BCUT2D eigenvalue weighted by Crippen LogP contribution is 2.28. The molecular weight excluding hydrogens is 296 g/mol. The third-order valence-electron chi connectivity index (χ3n) is 2.43. The molecule has 2 rings (SSSR count). The molecule has 1 unspecified atom stereocenters. The van der Waals surface area contributed by atoms with Crippen molar-refractivity contribution >= 4 is 31.9 Å². The van der Waals surface area contributed by atoms with Crippen molar-refractivity contribution in [3.63, 3.8) is 0 Å². The second kappa shape index (κ2) is 3.75. The zero-order chi connectivity index (χ0) is 9.42. The maximum absolute atomic E-state index is 3.56. The maximum Gasteiger partial charge on any atom is 0.114 e. The van der Waals surface area contributed by atoms with Gasteiger partial charge in [0, 0.05) is 29.7 Å². The minimum absolute atomic E-state index is 0.259. The van der Waals surface area contributed by atoms with E-state index >= 15 is 0 Å². The quantitative estimate of drug-likeness (QED) is 0.545. The summed E-state index contributed by atoms with van der Waals surface area (Å²) < 4.78 is 1.18. The zero-order valence-corrected chi connectivity index (χ0v) is 10.7. The molecule has 0 saturated carbocycles. The maximum atomic E-state index is 3.56. The Kier molecular flexibility index (Phi) is 2.81. The lowest BCUT2D eigenvalue weighted by Gasteiger charge is -2.31. The molecule has 0 radical (unpaired) electrons. The lowest BCUT2D eigenvalue weighted by atomic mass is 10.0. The van der Waals surface area contributed by atoms with Crippen molar-refractivity contribution in [2.24, 2.45) is 0 Å². The van der Waals surface area contributed by atoms with Gasteiger partial charge in [0.25, 0.3) is 0 Å². The van der Waals surface area contributed by atoms with Crippen LogP contribution in [0, 0.1) is 0 Å². The van der Waals surface area contributed by atoms with Crippen molar-refractivity contribution in [2.45, 2.75) is 11.4 Å². The van der Waals surface area contributed by atoms with E-state index in [0.717, 1.165) is 19.5 Å². The summed E-state index contributed by atoms with van der Waals surface area (Å²) in [4.78, 5) is 2.60. The van der Waals surface area contributed by atoms with Crippen molar-refractivity contribution < 1.29 is 0 Å². The number of nitrogens with one attached hydrogen (secondary N) is 1. The predicted molar refractivity (Wildman–Crippen MR) is 62.0 cm³/mol. The molecule has 1 N–H and O–H groups in total. The molecule has 1 atom stereocenters. The zero-order valence-electron chi connectivity index (χ0n) is 7.48. The van der Waals surface area contributed by atoms with E-state index in [-0.39, 0.29) is 4.95 Å². The Hall–Kier alpha value is 0.200. The molecule has 2 heterocycles. The average Bonchev–Trinajstić information content (AvgIpc) is 2.08. The van der Waals surface area contributed by atoms with E-state index in [0.29, 0.717) is 0 Å². The van der Waals surface area contributed by atoms with Gasteiger partial charge in [-0.3, -0.25) is 0 Å². The Morgan fingerprint density at radius 1 is 1.62 bits per heavy atom. The molecule has 2 aliphatic heterocycles. The number of hydrogen-bond acceptors (Lipinski definition) is 2. The van der Waals surface area contributed by atoms with E-state index in [2.05, 4.69) is 55.2 Å². The molecule has 0 bridgehead atoms. The standard InChI is InChI=1S/C9H12Br2N2/c1-13-3-2-8-6(5-13)4-7(10)9(11)12-8/h4,9,12H,2-3,5H2,1H3. The second-order valence-corrected chi connectivity index (χ2v) is 5.36. The molecule has 0 spiro atoms. The van der Waals surface area contributed by atoms with E-state index in [9.17, 15) is 0 Å². The third-order valence-corrected chi connectivity index (χ3v) is 4.45. The summed E-state index contributed by atoms with van der Waals surface area (Å²) in [6.45, 7) is 2.20. The van der Waals surface area contributed by atoms with E-state index in [1.165, 1.54) is 15.8 Å². The van der Waals surface area contributed by atoms with Crippen LogP contribution >= 0.6 is 31.9 Å². The number of rotatable bonds is 0. The highest BCUT2D eigenvalue weighted by atomic mass is 79.9. The van der Waals surface area contributed by atoms with Crippen molar-refractivity contribution in [3.05, 3.63) is 21.8 Å². The molecule has 0 saturated heterocycles. The largest absolute Gasteiger partial charge is 0.372 e. The molecule has 0 aromatic carbocycles. The van der Waals surface area contributed by atoms with Crippen LogP contribution in [0.2, 0.25) is 0 Å². The molecule has 0 fully saturated rings. The van der Waals surface area contributed by atoms with E-state index in [4.69, 9.17) is 0 Å². The van der Waals surface area contributed by atoms with Crippen LogP contribution in [-0.4, -0.2) is 30.0 Å². The smallest absolute Gasteiger partial charge is 0.114 e. The van der Waals surface area contributed by atoms with Gasteiger partial charge in [-0.25, -0.2) is 0 Å². The first-order valence-corrected chi connectivity index (χ1v) is 6.06. The van der Waals surface area contributed by atoms with Crippen LogP contribution in [0.5, 0.6) is 0 Å². The van der Waals surface area contributed by atoms with Crippen molar-refractivity contribution in [3.8, 4) is 0 Å². The molecule has 0 aromatic heterocycles. The van der Waals surface area contributed by atoms with Gasteiger partial charge in [-0.2, -0.15) is 0 Å². The summed E-state index contributed by atoms with van der Waals surface area (Å²) in [5.41, 5.74) is 2.81. The second-order valence-electron chi connectivity index (χ2n) is 3.53. The van der Waals surface area contributed by atoms with Gasteiger partial charge in [0.2, 0.25) is 0 Å². The Morgan fingerprint density at radius 3 is 3.15 bits per heavy atom. The molecular formula is C9H12Br2N2. The highest BCUT2D eigenvalue weighted by molar-refractivity contribution is 9.14. The fourth-order valence-electron chi connectivity index (χ4n) is 1.69. The number of dihydropyridines is 1. The normalized spacial score (nSPS) is 29.5. The Balaban J connectivity index is 2.24. The highest BCUT2D eigenvalue weighted by Gasteiger charge is 2.22. The SMILES string of the molecule is CN1CCC2=C(C=C(Br)C(Br)N2)C1. The van der Waals surface area contributed by atoms with Crippen molar-refractivity contribution in [1.82, 2.24) is 10.2 Å². The van der Waals surface area contributed by atoms with Crippen LogP contribution < -0.4 is 5.32 Å². The van der Waals surface area contributed by atoms with Gasteiger partial charge in [0.05, 0.1) is 0 Å². The predicted octanol–water partition coefficient (Wildman–Crippen LogP) is 2.18. The van der Waals surface area contributed by atoms with Gasteiger partial charge in [0.15, 0.2) is 0 Å². The van der Waals surface area contributed by atoms with Crippen LogP contribution in [0.15, 0.2) is 21.8 Å². The summed E-state index contributed by atoms with van der Waals surface area (Å²) in [6, 6.07) is 0. The van der Waals surface area contributed by atoms with Gasteiger partial charge in [0.1, 0.15) is 4.95 Å². The van der Waals surface area contributed by atoms with Crippen LogP contribution in [-0.2, 0) is 0 Å². The summed E-state index contributed by atoms with van der Waals surface area (Å²) in [6.07, 6.45) is 3.35. The first-order chi connectivity index (χ1) is 6.16. The lowest BCUT2D eigenvalue weighted by Crippen LogP contribution is -2.36. The van der Waals surface area contributed by atoms with Gasteiger partial charge < -0.3 is 10.2 Å². The van der Waals surface area contributed by atoms with Gasteiger partial charge in [-0.05, 0) is 18.7 Å². The number of hydrogen-bond donors (Lipinski definition) is 1. The lowest BCUT2D eigenvalue weighted by molar-refractivity contribution is 0.343. The Labute approximate surface area is 95.3 Å². The summed E-state index contributed by atoms with van der Waals surface area (Å²) >= 11 is 7.09. The topological polar surface area (TPSA) is 15.3 Å². The molecule has 13 heavy (non-hydrogen) atoms. The third kappa shape index (κ3) is 2.00. The van der Waals surface area contributed by atoms with Crippen LogP contribution in [0.3, 0.4) is 0 Å². The Morgan fingerprint density at radius 2 is 2.38 bits per heavy atom. The molecule has 2 nitrogen and oxygen atoms in total. The van der Waals surface area contributed by atoms with Gasteiger partial charge >= 0.3 is 0 Å². The summed E-state index contributed by atoms with van der Waals surface area (Å²) in [5, 5.41) is 3.44. The first-order valence-electron chi connectivity index (χ1n) is 4.35. The first kappa shape index (κ1) is 9.74. The summed E-state index contributed by atoms with van der Waals surface area (Å²) in [7, 11) is 2.16. The minimum atomic E-state index is 0.259. The average molecular weight is 308 g/mol. The van der Waals surface area contributed by atoms with Crippen molar-refractivity contribution in [1.29, 1.82) is 0 Å². The molecule has 0 aliphatic carbocycles. The van der Waals surface area contributed by atoms with Gasteiger partial charge in [-0.15, -0.1) is 0 Å². The summed E-state index contributed by atoms with van der Waals surface area (Å²) in [5.74, 6) is 0. The molecule has 72 valence electrons. The fourth-order valence-corrected chi connectivity index (χ4v) is 2.49. The van der Waals surface area contributed by atoms with Crippen molar-refractivity contribution in [2.75, 3.05) is 20.1 Å². The van der Waals surface area contributed by atoms with Crippen LogP contribution in [0.4, 0.5) is 0 Å². The monoisotopic (exact) mass is 306 g/mol. The van der Waals surface area contributed by atoms with E-state index in [1.807, 2.05) is 0 Å². The molecule has 4 heteroatoms. The van der Waals surface area contributed by atoms with Crippen LogP contribution in [0.1, 0.15) is 6.42 Å². The molecule has 0 amide bonds. The van der Waals surface area contributed by atoms with E-state index < -0.39 is 0 Å². The van der Waals surface area contributed by atoms with Crippen LogP contribution in [0.25, 0.3) is 0 Å². The number of nitrogens with zero attached hydrogens (tertiary/aromatic N) is 1. The minimum Gasteiger partial charge on any atom is -0.372 e. The molecule has 2 aliphatic rings. The van der Waals surface area contributed by atoms with E-state index in [1.54, 1.807) is 0 Å². The number of alkyl halides is 1. The Bertz CT molecular complexity index is 283. The molecule has 0 aromatic rings. The van der Waals surface area contributed by atoms with Gasteiger partial charge in [-0.1, -0.05) is 31.9 Å². The number of likely N-dealkylation sites (N-methyl/N-ethyl adjacent to an activating group) is 1. The fraction of sp³-hybridized carbons (Fsp3) is 0.556. The number of halogens is 2.